The fourth-order valence-corrected chi connectivity index (χ4v) is 2.55. The fraction of sp³-hybridized carbons (Fsp3) is 1.00. The average Bonchev–Trinajstić information content (AvgIpc) is 2.27. The van der Waals surface area contributed by atoms with Crippen LogP contribution >= 0.6 is 0 Å². The molecule has 2 unspecified atom stereocenters. The minimum absolute atomic E-state index is 0.0224. The second kappa shape index (κ2) is 5.03. The number of nitrogens with one attached hydrogen (secondary N) is 1. The smallest absolute Gasteiger partial charge is 0.0787 e. The Hall–Kier alpha value is -0.120. The molecule has 0 aromatic heterocycles. The van der Waals surface area contributed by atoms with Crippen molar-refractivity contribution in [3.8, 4) is 0 Å². The lowest BCUT2D eigenvalue weighted by molar-refractivity contribution is -0.0698. The average molecular weight is 229 g/mol. The molecule has 96 valence electrons. The third-order valence-corrected chi connectivity index (χ3v) is 3.26. The summed E-state index contributed by atoms with van der Waals surface area (Å²) in [6.45, 7) is 11.4. The summed E-state index contributed by atoms with van der Waals surface area (Å²) in [5, 5.41) is 12.7. The second-order valence-corrected chi connectivity index (χ2v) is 6.17. The van der Waals surface area contributed by atoms with Crippen LogP contribution in [0.5, 0.6) is 0 Å². The van der Waals surface area contributed by atoms with Crippen LogP contribution in [0, 0.1) is 0 Å². The zero-order valence-corrected chi connectivity index (χ0v) is 11.3. The van der Waals surface area contributed by atoms with E-state index >= 15 is 0 Å². The zero-order chi connectivity index (χ0) is 12.4. The molecule has 0 amide bonds. The summed E-state index contributed by atoms with van der Waals surface area (Å²) in [4.78, 5) is 0. The Labute approximate surface area is 99.6 Å². The van der Waals surface area contributed by atoms with Crippen molar-refractivity contribution in [3.05, 3.63) is 0 Å². The van der Waals surface area contributed by atoms with Crippen LogP contribution in [0.3, 0.4) is 0 Å². The number of aliphatic hydroxyl groups excluding tert-OH is 1. The highest BCUT2D eigenvalue weighted by Crippen LogP contribution is 2.37. The summed E-state index contributed by atoms with van der Waals surface area (Å²) >= 11 is 0. The summed E-state index contributed by atoms with van der Waals surface area (Å²) in [6.07, 6.45) is 2.75. The van der Waals surface area contributed by atoms with Gasteiger partial charge in [-0.1, -0.05) is 0 Å². The van der Waals surface area contributed by atoms with Crippen molar-refractivity contribution >= 4 is 0 Å². The van der Waals surface area contributed by atoms with Gasteiger partial charge in [0.1, 0.15) is 0 Å². The van der Waals surface area contributed by atoms with E-state index in [1.165, 1.54) is 0 Å². The Morgan fingerprint density at radius 3 is 2.44 bits per heavy atom. The van der Waals surface area contributed by atoms with Crippen LogP contribution in [0.15, 0.2) is 0 Å². The maximum absolute atomic E-state index is 9.18. The van der Waals surface area contributed by atoms with Crippen molar-refractivity contribution in [2.75, 3.05) is 6.54 Å². The molecule has 3 heteroatoms. The predicted molar refractivity (Wildman–Crippen MR) is 66.6 cm³/mol. The normalized spacial score (nSPS) is 29.2. The first-order valence-electron chi connectivity index (χ1n) is 6.34. The molecule has 1 aliphatic heterocycles. The van der Waals surface area contributed by atoms with Gasteiger partial charge in [0, 0.05) is 6.04 Å². The standard InChI is InChI=1S/C13H27NO2/c1-10(15)7-6-8-14-11-9-12(2,3)16-13(11,4)5/h10-11,14-15H,6-9H2,1-5H3. The van der Waals surface area contributed by atoms with Gasteiger partial charge in [-0.25, -0.2) is 0 Å². The van der Waals surface area contributed by atoms with E-state index in [-0.39, 0.29) is 17.3 Å². The minimum atomic E-state index is -0.189. The van der Waals surface area contributed by atoms with E-state index in [1.54, 1.807) is 0 Å². The third-order valence-electron chi connectivity index (χ3n) is 3.26. The summed E-state index contributed by atoms with van der Waals surface area (Å²) in [6, 6.07) is 0.413. The van der Waals surface area contributed by atoms with Crippen molar-refractivity contribution in [1.82, 2.24) is 5.32 Å². The van der Waals surface area contributed by atoms with Crippen molar-refractivity contribution in [2.24, 2.45) is 0 Å². The molecule has 2 atom stereocenters. The summed E-state index contributed by atoms with van der Waals surface area (Å²) in [7, 11) is 0. The molecular weight excluding hydrogens is 202 g/mol. The van der Waals surface area contributed by atoms with Crippen molar-refractivity contribution in [2.45, 2.75) is 77.2 Å². The number of hydrogen-bond donors (Lipinski definition) is 2. The Bertz CT molecular complexity index is 224. The van der Waals surface area contributed by atoms with E-state index in [2.05, 4.69) is 33.0 Å². The molecule has 1 heterocycles. The first-order valence-corrected chi connectivity index (χ1v) is 6.34. The molecule has 0 radical (unpaired) electrons. The molecule has 0 aromatic carbocycles. The Morgan fingerprint density at radius 1 is 1.38 bits per heavy atom. The molecule has 0 aromatic rings. The number of rotatable bonds is 5. The molecule has 0 spiro atoms. The van der Waals surface area contributed by atoms with Gasteiger partial charge in [0.15, 0.2) is 0 Å². The Kier molecular flexibility index (Phi) is 4.38. The van der Waals surface area contributed by atoms with Crippen LogP contribution in [0.2, 0.25) is 0 Å². The maximum Gasteiger partial charge on any atom is 0.0787 e. The highest BCUT2D eigenvalue weighted by molar-refractivity contribution is 4.98. The van der Waals surface area contributed by atoms with Crippen molar-refractivity contribution in [1.29, 1.82) is 0 Å². The second-order valence-electron chi connectivity index (χ2n) is 6.17. The van der Waals surface area contributed by atoms with Crippen LogP contribution < -0.4 is 5.32 Å². The van der Waals surface area contributed by atoms with E-state index < -0.39 is 0 Å². The predicted octanol–water partition coefficient (Wildman–Crippen LogP) is 2.08. The molecule has 2 N–H and O–H groups in total. The van der Waals surface area contributed by atoms with Gasteiger partial charge in [-0.05, 0) is 60.4 Å². The van der Waals surface area contributed by atoms with Gasteiger partial charge in [0.25, 0.3) is 0 Å². The SMILES string of the molecule is CC(O)CCCNC1CC(C)(C)OC1(C)C. The number of ether oxygens (including phenoxy) is 1. The van der Waals surface area contributed by atoms with Gasteiger partial charge in [-0.15, -0.1) is 0 Å². The molecule has 1 fully saturated rings. The lowest BCUT2D eigenvalue weighted by Crippen LogP contribution is -2.43. The molecule has 1 rings (SSSR count). The third kappa shape index (κ3) is 4.04. The molecular formula is C13H27NO2. The zero-order valence-electron chi connectivity index (χ0n) is 11.3. The lowest BCUT2D eigenvalue weighted by Gasteiger charge is -2.28. The van der Waals surface area contributed by atoms with Gasteiger partial charge in [0.05, 0.1) is 17.3 Å². The van der Waals surface area contributed by atoms with Gasteiger partial charge in [-0.3, -0.25) is 0 Å². The van der Waals surface area contributed by atoms with Crippen LogP contribution in [-0.2, 0) is 4.74 Å². The van der Waals surface area contributed by atoms with Crippen molar-refractivity contribution in [3.63, 3.8) is 0 Å². The first kappa shape index (κ1) is 13.9. The Morgan fingerprint density at radius 2 is 2.00 bits per heavy atom. The van der Waals surface area contributed by atoms with Gasteiger partial charge in [0.2, 0.25) is 0 Å². The first-order chi connectivity index (χ1) is 7.23. The van der Waals surface area contributed by atoms with Crippen LogP contribution in [0.25, 0.3) is 0 Å². The van der Waals surface area contributed by atoms with E-state index in [1.807, 2.05) is 6.92 Å². The highest BCUT2D eigenvalue weighted by atomic mass is 16.5. The quantitative estimate of drug-likeness (QED) is 0.709. The van der Waals surface area contributed by atoms with Gasteiger partial charge in [-0.2, -0.15) is 0 Å². The number of hydrogen-bond acceptors (Lipinski definition) is 3. The molecule has 16 heavy (non-hydrogen) atoms. The topological polar surface area (TPSA) is 41.5 Å². The molecule has 0 bridgehead atoms. The highest BCUT2D eigenvalue weighted by Gasteiger charge is 2.45. The maximum atomic E-state index is 9.18. The summed E-state index contributed by atoms with van der Waals surface area (Å²) in [5.74, 6) is 0. The lowest BCUT2D eigenvalue weighted by atomic mass is 9.94. The molecule has 1 aliphatic rings. The van der Waals surface area contributed by atoms with Crippen LogP contribution in [0.1, 0.15) is 53.9 Å². The molecule has 0 saturated carbocycles. The fourth-order valence-electron chi connectivity index (χ4n) is 2.55. The van der Waals surface area contributed by atoms with E-state index in [9.17, 15) is 5.11 Å². The van der Waals surface area contributed by atoms with Crippen LogP contribution in [0.4, 0.5) is 0 Å². The van der Waals surface area contributed by atoms with Gasteiger partial charge < -0.3 is 15.2 Å². The Balaban J connectivity index is 2.32. The van der Waals surface area contributed by atoms with Crippen molar-refractivity contribution < 1.29 is 9.84 Å². The largest absolute Gasteiger partial charge is 0.393 e. The molecule has 1 saturated heterocycles. The molecule has 0 aliphatic carbocycles. The summed E-state index contributed by atoms with van der Waals surface area (Å²) < 4.78 is 6.02. The molecule has 3 nitrogen and oxygen atoms in total. The van der Waals surface area contributed by atoms with E-state index in [0.29, 0.717) is 6.04 Å². The van der Waals surface area contributed by atoms with E-state index in [4.69, 9.17) is 4.74 Å². The van der Waals surface area contributed by atoms with Crippen LogP contribution in [-0.4, -0.2) is 35.0 Å². The van der Waals surface area contributed by atoms with E-state index in [0.717, 1.165) is 25.8 Å². The monoisotopic (exact) mass is 229 g/mol. The number of aliphatic hydroxyl groups is 1. The minimum Gasteiger partial charge on any atom is -0.393 e. The summed E-state index contributed by atoms with van der Waals surface area (Å²) in [5.41, 5.74) is -0.111. The van der Waals surface area contributed by atoms with Gasteiger partial charge >= 0.3 is 0 Å².